The Morgan fingerprint density at radius 2 is 2.03 bits per heavy atom. The fourth-order valence-electron chi connectivity index (χ4n) is 4.44. The summed E-state index contributed by atoms with van der Waals surface area (Å²) in [6, 6.07) is 6.41. The lowest BCUT2D eigenvalue weighted by Crippen LogP contribution is -2.38. The number of ether oxygens (including phenoxy) is 2. The number of sulfonamides is 1. The third kappa shape index (κ3) is 4.92. The highest BCUT2D eigenvalue weighted by Gasteiger charge is 2.46. The molecule has 12 nitrogen and oxygen atoms in total. The Morgan fingerprint density at radius 1 is 1.23 bits per heavy atom. The van der Waals surface area contributed by atoms with Crippen molar-refractivity contribution >= 4 is 43.3 Å². The third-order valence-corrected chi connectivity index (χ3v) is 9.10. The Balaban J connectivity index is 1.45. The van der Waals surface area contributed by atoms with Crippen LogP contribution in [-0.2, 0) is 14.8 Å². The topological polar surface area (TPSA) is 148 Å². The van der Waals surface area contributed by atoms with E-state index in [9.17, 15) is 22.5 Å². The predicted octanol–water partition coefficient (Wildman–Crippen LogP) is 2.41. The van der Waals surface area contributed by atoms with Crippen molar-refractivity contribution in [2.24, 2.45) is 0 Å². The van der Waals surface area contributed by atoms with Crippen molar-refractivity contribution in [2.75, 3.05) is 39.5 Å². The molecule has 1 aliphatic heterocycles. The Kier molecular flexibility index (Phi) is 6.63. The van der Waals surface area contributed by atoms with Crippen LogP contribution in [0.1, 0.15) is 24.3 Å². The van der Waals surface area contributed by atoms with Crippen LogP contribution in [0, 0.1) is 11.3 Å². The number of nitrogens with one attached hydrogen (secondary N) is 1. The quantitative estimate of drug-likeness (QED) is 0.315. The first-order valence-electron chi connectivity index (χ1n) is 12.1. The van der Waals surface area contributed by atoms with Crippen LogP contribution in [0.3, 0.4) is 0 Å². The molecule has 204 valence electrons. The smallest absolute Gasteiger partial charge is 0.291 e. The number of hydrogen-bond donors (Lipinski definition) is 1. The van der Waals surface area contributed by atoms with Crippen LogP contribution >= 0.6 is 11.3 Å². The summed E-state index contributed by atoms with van der Waals surface area (Å²) in [5.41, 5.74) is -0.472. The highest BCUT2D eigenvalue weighted by Crippen LogP contribution is 2.39. The first kappa shape index (κ1) is 25.9. The maximum atomic E-state index is 13.4. The van der Waals surface area contributed by atoms with Crippen LogP contribution in [0.15, 0.2) is 29.4 Å². The number of hydrogen-bond acceptors (Lipinski definition) is 11. The maximum absolute atomic E-state index is 13.4. The zero-order valence-electron chi connectivity index (χ0n) is 20.4. The zero-order chi connectivity index (χ0) is 27.2. The van der Waals surface area contributed by atoms with Gasteiger partial charge in [-0.05, 0) is 25.0 Å². The number of fused-ring (bicyclic) bond motifs is 3. The normalized spacial score (nSPS) is 17.6. The molecule has 1 N–H and O–H groups in total. The van der Waals surface area contributed by atoms with E-state index in [1.165, 1.54) is 23.0 Å². The molecule has 0 amide bonds. The van der Waals surface area contributed by atoms with Gasteiger partial charge >= 0.3 is 0 Å². The van der Waals surface area contributed by atoms with Gasteiger partial charge in [-0.2, -0.15) is 9.98 Å². The van der Waals surface area contributed by atoms with Crippen LogP contribution in [0.4, 0.5) is 8.78 Å². The molecule has 0 spiro atoms. The van der Waals surface area contributed by atoms with Gasteiger partial charge in [0.15, 0.2) is 10.7 Å². The molecule has 4 aromatic rings. The standard InChI is InChI=1S/C23H22F2N8O4S2/c24-18(25)21-29-30-22(38-21)33-16-11-14(39(34,35)31-23(12-26)3-4-23)1-2-15(16)17-19(33)27-13-28-20(17)37-10-7-32-5-8-36-9-6-32/h1-2,11,13,18,31H,3-10H2. The second-order valence-electron chi connectivity index (χ2n) is 9.22. The van der Waals surface area contributed by atoms with Crippen LogP contribution in [0.2, 0.25) is 0 Å². The molecule has 2 fully saturated rings. The Morgan fingerprint density at radius 3 is 2.72 bits per heavy atom. The summed E-state index contributed by atoms with van der Waals surface area (Å²) in [5, 5.41) is 17.5. The van der Waals surface area contributed by atoms with E-state index >= 15 is 0 Å². The minimum atomic E-state index is -4.06. The number of rotatable bonds is 9. The minimum Gasteiger partial charge on any atom is -0.476 e. The van der Waals surface area contributed by atoms with Crippen molar-refractivity contribution in [3.05, 3.63) is 29.5 Å². The SMILES string of the molecule is N#CC1(NS(=O)(=O)c2ccc3c4c(OCCN5CCOCC5)ncnc4n(-c4nnc(C(F)F)s4)c3c2)CC1. The largest absolute Gasteiger partial charge is 0.476 e. The summed E-state index contributed by atoms with van der Waals surface area (Å²) in [6.45, 7) is 3.89. The van der Waals surface area contributed by atoms with Crippen molar-refractivity contribution in [3.63, 3.8) is 0 Å². The summed E-state index contributed by atoms with van der Waals surface area (Å²) in [7, 11) is -4.06. The first-order chi connectivity index (χ1) is 18.8. The minimum absolute atomic E-state index is 0.0847. The molecular formula is C23H22F2N8O4S2. The average Bonchev–Trinajstić information content (AvgIpc) is 3.37. The molecule has 1 aromatic carbocycles. The number of morpholine rings is 1. The Bertz CT molecular complexity index is 1690. The molecular weight excluding hydrogens is 554 g/mol. The molecule has 1 aliphatic carbocycles. The maximum Gasteiger partial charge on any atom is 0.291 e. The van der Waals surface area contributed by atoms with Crippen molar-refractivity contribution in [3.8, 4) is 17.1 Å². The molecule has 4 heterocycles. The number of halogens is 2. The van der Waals surface area contributed by atoms with Gasteiger partial charge in [-0.1, -0.05) is 17.4 Å². The molecule has 3 aromatic heterocycles. The van der Waals surface area contributed by atoms with E-state index in [1.54, 1.807) is 6.07 Å². The second kappa shape index (κ2) is 9.99. The molecule has 1 saturated carbocycles. The van der Waals surface area contributed by atoms with Crippen LogP contribution < -0.4 is 9.46 Å². The van der Waals surface area contributed by atoms with Gasteiger partial charge < -0.3 is 9.47 Å². The zero-order valence-corrected chi connectivity index (χ0v) is 22.0. The number of aromatic nitrogens is 5. The molecule has 6 rings (SSSR count). The molecule has 0 radical (unpaired) electrons. The van der Waals surface area contributed by atoms with Gasteiger partial charge in [-0.3, -0.25) is 9.47 Å². The lowest BCUT2D eigenvalue weighted by Gasteiger charge is -2.26. The Labute approximate surface area is 225 Å². The highest BCUT2D eigenvalue weighted by atomic mass is 32.2. The van der Waals surface area contributed by atoms with Crippen molar-refractivity contribution in [2.45, 2.75) is 29.7 Å². The van der Waals surface area contributed by atoms with Gasteiger partial charge in [0.05, 0.1) is 35.1 Å². The van der Waals surface area contributed by atoms with Gasteiger partial charge in [-0.15, -0.1) is 10.2 Å². The number of alkyl halides is 2. The van der Waals surface area contributed by atoms with Crippen LogP contribution in [-0.4, -0.2) is 83.0 Å². The van der Waals surface area contributed by atoms with Crippen molar-refractivity contribution in [1.29, 1.82) is 5.26 Å². The third-order valence-electron chi connectivity index (χ3n) is 6.65. The van der Waals surface area contributed by atoms with Crippen LogP contribution in [0.5, 0.6) is 5.88 Å². The van der Waals surface area contributed by atoms with E-state index in [0.29, 0.717) is 72.5 Å². The molecule has 0 bridgehead atoms. The number of nitrogens with zero attached hydrogens (tertiary/aromatic N) is 7. The van der Waals surface area contributed by atoms with Gasteiger partial charge in [-0.25, -0.2) is 27.2 Å². The predicted molar refractivity (Wildman–Crippen MR) is 135 cm³/mol. The summed E-state index contributed by atoms with van der Waals surface area (Å²) >= 11 is 0.671. The van der Waals surface area contributed by atoms with E-state index in [1.807, 2.05) is 6.07 Å². The van der Waals surface area contributed by atoms with Gasteiger partial charge in [0.2, 0.25) is 21.0 Å². The summed E-state index contributed by atoms with van der Waals surface area (Å²) in [5.74, 6) is 0.269. The van der Waals surface area contributed by atoms with E-state index in [2.05, 4.69) is 29.8 Å². The lowest BCUT2D eigenvalue weighted by molar-refractivity contribution is 0.0321. The van der Waals surface area contributed by atoms with Crippen molar-refractivity contribution in [1.82, 2.24) is 34.4 Å². The summed E-state index contributed by atoms with van der Waals surface area (Å²) in [6.07, 6.45) is -0.681. The second-order valence-corrected chi connectivity index (χ2v) is 11.9. The van der Waals surface area contributed by atoms with Gasteiger partial charge in [0.1, 0.15) is 18.5 Å². The average molecular weight is 577 g/mol. The summed E-state index contributed by atoms with van der Waals surface area (Å²) in [4.78, 5) is 10.8. The Hall–Kier alpha value is -3.36. The molecule has 0 unspecified atom stereocenters. The van der Waals surface area contributed by atoms with Crippen LogP contribution in [0.25, 0.3) is 27.1 Å². The highest BCUT2D eigenvalue weighted by molar-refractivity contribution is 7.89. The summed E-state index contributed by atoms with van der Waals surface area (Å²) < 4.78 is 68.3. The monoisotopic (exact) mass is 576 g/mol. The lowest BCUT2D eigenvalue weighted by atomic mass is 10.2. The van der Waals surface area contributed by atoms with E-state index in [4.69, 9.17) is 9.47 Å². The fourth-order valence-corrected chi connectivity index (χ4v) is 6.55. The van der Waals surface area contributed by atoms with Crippen molar-refractivity contribution < 1.29 is 26.7 Å². The fraction of sp³-hybridized carbons (Fsp3) is 0.435. The molecule has 16 heteroatoms. The van der Waals surface area contributed by atoms with Gasteiger partial charge in [0, 0.05) is 25.0 Å². The molecule has 39 heavy (non-hydrogen) atoms. The number of benzene rings is 1. The molecule has 2 aliphatic rings. The van der Waals surface area contributed by atoms with Gasteiger partial charge in [0.25, 0.3) is 6.43 Å². The van der Waals surface area contributed by atoms with E-state index < -0.39 is 27.0 Å². The first-order valence-corrected chi connectivity index (χ1v) is 14.4. The molecule has 1 saturated heterocycles. The number of nitriles is 1. The molecule has 0 atom stereocenters. The van der Waals surface area contributed by atoms with E-state index in [-0.39, 0.29) is 15.9 Å². The van der Waals surface area contributed by atoms with E-state index in [0.717, 1.165) is 13.1 Å².